The molecule has 2 fully saturated rings. The number of hydrogen-bond donors (Lipinski definition) is 3. The summed E-state index contributed by atoms with van der Waals surface area (Å²) in [6, 6.07) is 0.277. The fourth-order valence-corrected chi connectivity index (χ4v) is 2.75. The van der Waals surface area contributed by atoms with Gasteiger partial charge in [0, 0.05) is 26.1 Å². The van der Waals surface area contributed by atoms with Gasteiger partial charge in [0.2, 0.25) is 11.8 Å². The van der Waals surface area contributed by atoms with Crippen LogP contribution in [0.4, 0.5) is 0 Å². The Labute approximate surface area is 114 Å². The summed E-state index contributed by atoms with van der Waals surface area (Å²) >= 11 is 0. The molecule has 0 saturated heterocycles. The molecule has 0 spiro atoms. The summed E-state index contributed by atoms with van der Waals surface area (Å²) in [5.74, 6) is 1.31. The van der Waals surface area contributed by atoms with Crippen LogP contribution >= 0.6 is 0 Å². The van der Waals surface area contributed by atoms with E-state index in [4.69, 9.17) is 0 Å². The summed E-state index contributed by atoms with van der Waals surface area (Å²) < 4.78 is 0. The second-order valence-electron chi connectivity index (χ2n) is 5.88. The Balaban J connectivity index is 1.58. The molecule has 0 aliphatic heterocycles. The SMILES string of the molecule is CC(=O)NC1CCCC1CNCC(=O)NCC1CC1. The molecule has 5 heteroatoms. The predicted octanol–water partition coefficient (Wildman–Crippen LogP) is 0.407. The maximum atomic E-state index is 11.6. The second kappa shape index (κ2) is 6.89. The summed E-state index contributed by atoms with van der Waals surface area (Å²) in [4.78, 5) is 22.7. The van der Waals surface area contributed by atoms with Gasteiger partial charge >= 0.3 is 0 Å². The molecule has 2 amide bonds. The molecular weight excluding hydrogens is 242 g/mol. The van der Waals surface area contributed by atoms with E-state index in [0.717, 1.165) is 38.3 Å². The minimum Gasteiger partial charge on any atom is -0.355 e. The van der Waals surface area contributed by atoms with Crippen molar-refractivity contribution < 1.29 is 9.59 Å². The summed E-state index contributed by atoms with van der Waals surface area (Å²) in [6.07, 6.45) is 5.86. The van der Waals surface area contributed by atoms with Crippen molar-refractivity contribution in [2.45, 2.75) is 45.1 Å². The van der Waals surface area contributed by atoms with Crippen molar-refractivity contribution in [1.82, 2.24) is 16.0 Å². The van der Waals surface area contributed by atoms with Crippen LogP contribution in [0.2, 0.25) is 0 Å². The van der Waals surface area contributed by atoms with Gasteiger partial charge in [-0.15, -0.1) is 0 Å². The first-order valence-corrected chi connectivity index (χ1v) is 7.39. The van der Waals surface area contributed by atoms with Gasteiger partial charge in [0.1, 0.15) is 0 Å². The van der Waals surface area contributed by atoms with Gasteiger partial charge < -0.3 is 16.0 Å². The minimum absolute atomic E-state index is 0.0408. The van der Waals surface area contributed by atoms with Crippen molar-refractivity contribution in [2.24, 2.45) is 11.8 Å². The Morgan fingerprint density at radius 2 is 1.89 bits per heavy atom. The third-order valence-electron chi connectivity index (χ3n) is 4.02. The Morgan fingerprint density at radius 1 is 1.11 bits per heavy atom. The van der Waals surface area contributed by atoms with Crippen LogP contribution in [0.25, 0.3) is 0 Å². The maximum Gasteiger partial charge on any atom is 0.233 e. The zero-order valence-corrected chi connectivity index (χ0v) is 11.7. The van der Waals surface area contributed by atoms with Gasteiger partial charge in [-0.25, -0.2) is 0 Å². The smallest absolute Gasteiger partial charge is 0.233 e. The molecule has 0 aromatic heterocycles. The van der Waals surface area contributed by atoms with Crippen LogP contribution in [0, 0.1) is 11.8 Å². The lowest BCUT2D eigenvalue weighted by Gasteiger charge is -2.20. The lowest BCUT2D eigenvalue weighted by Crippen LogP contribution is -2.42. The normalized spacial score (nSPS) is 26.2. The van der Waals surface area contributed by atoms with Gasteiger partial charge in [-0.2, -0.15) is 0 Å². The van der Waals surface area contributed by atoms with E-state index in [9.17, 15) is 9.59 Å². The van der Waals surface area contributed by atoms with Gasteiger partial charge in [0.25, 0.3) is 0 Å². The molecule has 0 bridgehead atoms. The van der Waals surface area contributed by atoms with Crippen molar-refractivity contribution in [3.05, 3.63) is 0 Å². The topological polar surface area (TPSA) is 70.2 Å². The third kappa shape index (κ3) is 5.19. The van der Waals surface area contributed by atoms with Gasteiger partial charge in [-0.3, -0.25) is 9.59 Å². The average molecular weight is 267 g/mol. The summed E-state index contributed by atoms with van der Waals surface area (Å²) in [5.41, 5.74) is 0. The van der Waals surface area contributed by atoms with E-state index in [1.165, 1.54) is 12.8 Å². The fourth-order valence-electron chi connectivity index (χ4n) is 2.75. The highest BCUT2D eigenvalue weighted by molar-refractivity contribution is 5.78. The van der Waals surface area contributed by atoms with Crippen molar-refractivity contribution in [1.29, 1.82) is 0 Å². The van der Waals surface area contributed by atoms with Gasteiger partial charge in [0.05, 0.1) is 6.54 Å². The number of nitrogens with one attached hydrogen (secondary N) is 3. The highest BCUT2D eigenvalue weighted by Gasteiger charge is 2.27. The standard InChI is InChI=1S/C14H25N3O2/c1-10(18)17-13-4-2-3-12(13)8-15-9-14(19)16-7-11-5-6-11/h11-13,15H,2-9H2,1H3,(H,16,19)(H,17,18). The first-order chi connectivity index (χ1) is 9.15. The summed E-state index contributed by atoms with van der Waals surface area (Å²) in [5, 5.41) is 9.15. The highest BCUT2D eigenvalue weighted by Crippen LogP contribution is 2.27. The molecule has 0 aromatic rings. The van der Waals surface area contributed by atoms with Crippen molar-refractivity contribution in [3.63, 3.8) is 0 Å². The lowest BCUT2D eigenvalue weighted by molar-refractivity contribution is -0.121. The molecular formula is C14H25N3O2. The molecule has 0 aromatic carbocycles. The Morgan fingerprint density at radius 3 is 2.58 bits per heavy atom. The van der Waals surface area contributed by atoms with Gasteiger partial charge in [0.15, 0.2) is 0 Å². The van der Waals surface area contributed by atoms with Crippen LogP contribution in [-0.2, 0) is 9.59 Å². The molecule has 2 atom stereocenters. The minimum atomic E-state index is 0.0408. The summed E-state index contributed by atoms with van der Waals surface area (Å²) in [7, 11) is 0. The van der Waals surface area contributed by atoms with E-state index >= 15 is 0 Å². The average Bonchev–Trinajstić information content (AvgIpc) is 3.09. The number of carbonyl (C=O) groups excluding carboxylic acids is 2. The van der Waals surface area contributed by atoms with Crippen LogP contribution in [0.3, 0.4) is 0 Å². The van der Waals surface area contributed by atoms with Gasteiger partial charge in [-0.05, 0) is 37.5 Å². The van der Waals surface area contributed by atoms with E-state index in [0.29, 0.717) is 12.5 Å². The van der Waals surface area contributed by atoms with Gasteiger partial charge in [-0.1, -0.05) is 6.42 Å². The Hall–Kier alpha value is -1.10. The first kappa shape index (κ1) is 14.3. The zero-order chi connectivity index (χ0) is 13.7. The molecule has 2 rings (SSSR count). The van der Waals surface area contributed by atoms with Crippen LogP contribution in [-0.4, -0.2) is 37.5 Å². The summed E-state index contributed by atoms with van der Waals surface area (Å²) in [6.45, 7) is 3.59. The first-order valence-electron chi connectivity index (χ1n) is 7.39. The number of rotatable bonds is 7. The van der Waals surface area contributed by atoms with Crippen molar-refractivity contribution in [3.8, 4) is 0 Å². The maximum absolute atomic E-state index is 11.6. The molecule has 2 saturated carbocycles. The van der Waals surface area contributed by atoms with Crippen LogP contribution < -0.4 is 16.0 Å². The lowest BCUT2D eigenvalue weighted by atomic mass is 10.0. The van der Waals surface area contributed by atoms with E-state index < -0.39 is 0 Å². The molecule has 2 aliphatic rings. The number of carbonyl (C=O) groups is 2. The van der Waals surface area contributed by atoms with E-state index in [1.54, 1.807) is 6.92 Å². The van der Waals surface area contributed by atoms with Crippen LogP contribution in [0.5, 0.6) is 0 Å². The monoisotopic (exact) mass is 267 g/mol. The predicted molar refractivity (Wildman–Crippen MR) is 73.5 cm³/mol. The molecule has 19 heavy (non-hydrogen) atoms. The Bertz CT molecular complexity index is 329. The largest absolute Gasteiger partial charge is 0.355 e. The van der Waals surface area contributed by atoms with E-state index in [-0.39, 0.29) is 17.9 Å². The molecule has 2 aliphatic carbocycles. The molecule has 5 nitrogen and oxygen atoms in total. The van der Waals surface area contributed by atoms with E-state index in [2.05, 4.69) is 16.0 Å². The highest BCUT2D eigenvalue weighted by atomic mass is 16.2. The Kier molecular flexibility index (Phi) is 5.19. The molecule has 0 heterocycles. The molecule has 108 valence electrons. The third-order valence-corrected chi connectivity index (χ3v) is 4.02. The molecule has 3 N–H and O–H groups in total. The number of hydrogen-bond acceptors (Lipinski definition) is 3. The van der Waals surface area contributed by atoms with Crippen molar-refractivity contribution >= 4 is 11.8 Å². The fraction of sp³-hybridized carbons (Fsp3) is 0.857. The molecule has 2 unspecified atom stereocenters. The quantitative estimate of drug-likeness (QED) is 0.625. The second-order valence-corrected chi connectivity index (χ2v) is 5.88. The van der Waals surface area contributed by atoms with Crippen LogP contribution in [0.1, 0.15) is 39.0 Å². The number of amides is 2. The molecule has 0 radical (unpaired) electrons. The van der Waals surface area contributed by atoms with E-state index in [1.807, 2.05) is 0 Å². The van der Waals surface area contributed by atoms with Crippen molar-refractivity contribution in [2.75, 3.05) is 19.6 Å². The van der Waals surface area contributed by atoms with Crippen LogP contribution in [0.15, 0.2) is 0 Å². The zero-order valence-electron chi connectivity index (χ0n) is 11.7.